The van der Waals surface area contributed by atoms with Crippen molar-refractivity contribution in [2.75, 3.05) is 19.6 Å². The Morgan fingerprint density at radius 3 is 3.00 bits per heavy atom. The first kappa shape index (κ1) is 17.8. The van der Waals surface area contributed by atoms with Crippen LogP contribution in [0.4, 0.5) is 0 Å². The molecular weight excluding hydrogens is 332 g/mol. The van der Waals surface area contributed by atoms with E-state index in [0.717, 1.165) is 25.4 Å². The molecule has 2 aromatic rings. The third-order valence-corrected chi connectivity index (χ3v) is 4.55. The first-order valence-electron chi connectivity index (χ1n) is 7.50. The van der Waals surface area contributed by atoms with Crippen molar-refractivity contribution in [2.45, 2.75) is 19.6 Å². The second-order valence-electron chi connectivity index (χ2n) is 5.50. The van der Waals surface area contributed by atoms with E-state index >= 15 is 0 Å². The number of rotatable bonds is 4. The zero-order valence-electron chi connectivity index (χ0n) is 13.0. The molecule has 6 heteroatoms. The number of nitrogens with zero attached hydrogens (tertiary/aromatic N) is 1. The summed E-state index contributed by atoms with van der Waals surface area (Å²) >= 11 is 1.67. The summed E-state index contributed by atoms with van der Waals surface area (Å²) in [4.78, 5) is 15.7. The van der Waals surface area contributed by atoms with Gasteiger partial charge in [-0.15, -0.1) is 23.7 Å². The number of ether oxygens (including phenoxy) is 1. The standard InChI is InChI=1S/C17H20N2O2S.ClH/c1-13-11-19(8-7-18-13)17(20)14-4-2-5-15(10-14)21-12-16-6-3-9-22-16;/h2-6,9-10,13,18H,7-8,11-12H2,1H3;1H. The number of carbonyl (C=O) groups is 1. The maximum atomic E-state index is 12.6. The molecule has 1 fully saturated rings. The SMILES string of the molecule is CC1CN(C(=O)c2cccc(OCc3cccs3)c2)CCN1.Cl. The summed E-state index contributed by atoms with van der Waals surface area (Å²) in [6.45, 7) is 4.99. The van der Waals surface area contributed by atoms with E-state index in [1.54, 1.807) is 11.3 Å². The second-order valence-corrected chi connectivity index (χ2v) is 6.53. The average Bonchev–Trinajstić information content (AvgIpc) is 3.06. The third-order valence-electron chi connectivity index (χ3n) is 3.70. The van der Waals surface area contributed by atoms with Gasteiger partial charge in [0.2, 0.25) is 0 Å². The summed E-state index contributed by atoms with van der Waals surface area (Å²) in [6, 6.07) is 11.9. The van der Waals surface area contributed by atoms with Crippen molar-refractivity contribution in [3.63, 3.8) is 0 Å². The molecule has 0 radical (unpaired) electrons. The number of nitrogens with one attached hydrogen (secondary N) is 1. The highest BCUT2D eigenvalue weighted by Crippen LogP contribution is 2.18. The first-order valence-corrected chi connectivity index (χ1v) is 8.38. The Balaban J connectivity index is 0.00000192. The lowest BCUT2D eigenvalue weighted by atomic mass is 10.1. The highest BCUT2D eigenvalue weighted by atomic mass is 35.5. The van der Waals surface area contributed by atoms with Crippen molar-refractivity contribution in [2.24, 2.45) is 0 Å². The first-order chi connectivity index (χ1) is 10.7. The molecule has 0 saturated carbocycles. The van der Waals surface area contributed by atoms with Crippen molar-refractivity contribution < 1.29 is 9.53 Å². The molecule has 1 aliphatic heterocycles. The van der Waals surface area contributed by atoms with Crippen LogP contribution in [-0.4, -0.2) is 36.5 Å². The molecule has 1 saturated heterocycles. The largest absolute Gasteiger partial charge is 0.488 e. The van der Waals surface area contributed by atoms with Gasteiger partial charge in [0.15, 0.2) is 0 Å². The summed E-state index contributed by atoms with van der Waals surface area (Å²) in [5, 5.41) is 5.38. The van der Waals surface area contributed by atoms with E-state index in [0.29, 0.717) is 18.2 Å². The lowest BCUT2D eigenvalue weighted by Crippen LogP contribution is -2.51. The van der Waals surface area contributed by atoms with Gasteiger partial charge in [-0.3, -0.25) is 4.79 Å². The van der Waals surface area contributed by atoms with Crippen molar-refractivity contribution >= 4 is 29.7 Å². The number of hydrogen-bond acceptors (Lipinski definition) is 4. The van der Waals surface area contributed by atoms with Gasteiger partial charge in [0.25, 0.3) is 5.91 Å². The van der Waals surface area contributed by atoms with Crippen LogP contribution in [0.1, 0.15) is 22.2 Å². The van der Waals surface area contributed by atoms with Crippen molar-refractivity contribution in [3.8, 4) is 5.75 Å². The molecule has 1 unspecified atom stereocenters. The van der Waals surface area contributed by atoms with Crippen LogP contribution in [-0.2, 0) is 6.61 Å². The van der Waals surface area contributed by atoms with Crippen molar-refractivity contribution in [1.82, 2.24) is 10.2 Å². The molecule has 1 aliphatic rings. The number of thiophene rings is 1. The Morgan fingerprint density at radius 2 is 2.26 bits per heavy atom. The number of carbonyl (C=O) groups excluding carboxylic acids is 1. The normalized spacial score (nSPS) is 17.4. The van der Waals surface area contributed by atoms with Gasteiger partial charge in [-0.2, -0.15) is 0 Å². The average molecular weight is 353 g/mol. The molecule has 0 bridgehead atoms. The van der Waals surface area contributed by atoms with Gasteiger partial charge in [-0.25, -0.2) is 0 Å². The highest BCUT2D eigenvalue weighted by Gasteiger charge is 2.21. The minimum atomic E-state index is 0. The lowest BCUT2D eigenvalue weighted by Gasteiger charge is -2.32. The molecule has 3 rings (SSSR count). The van der Waals surface area contributed by atoms with Crippen LogP contribution in [0.25, 0.3) is 0 Å². The number of amides is 1. The monoisotopic (exact) mass is 352 g/mol. The van der Waals surface area contributed by atoms with Gasteiger partial charge < -0.3 is 15.0 Å². The molecule has 0 spiro atoms. The van der Waals surface area contributed by atoms with E-state index in [4.69, 9.17) is 4.74 Å². The molecule has 1 aromatic carbocycles. The van der Waals surface area contributed by atoms with E-state index in [2.05, 4.69) is 12.2 Å². The van der Waals surface area contributed by atoms with Gasteiger partial charge in [-0.05, 0) is 36.6 Å². The minimum Gasteiger partial charge on any atom is -0.488 e. The van der Waals surface area contributed by atoms with E-state index in [1.165, 1.54) is 4.88 Å². The second kappa shape index (κ2) is 8.34. The predicted molar refractivity (Wildman–Crippen MR) is 95.7 cm³/mol. The smallest absolute Gasteiger partial charge is 0.254 e. The Morgan fingerprint density at radius 1 is 1.39 bits per heavy atom. The zero-order valence-corrected chi connectivity index (χ0v) is 14.7. The van der Waals surface area contributed by atoms with Crippen LogP contribution in [0.15, 0.2) is 41.8 Å². The number of hydrogen-bond donors (Lipinski definition) is 1. The predicted octanol–water partition coefficient (Wildman–Crippen LogP) is 3.18. The van der Waals surface area contributed by atoms with E-state index in [9.17, 15) is 4.79 Å². The molecule has 2 heterocycles. The van der Waals surface area contributed by atoms with Crippen LogP contribution in [0.2, 0.25) is 0 Å². The van der Waals surface area contributed by atoms with Crippen LogP contribution in [0.3, 0.4) is 0 Å². The molecule has 1 atom stereocenters. The quantitative estimate of drug-likeness (QED) is 0.918. The Bertz CT molecular complexity index is 633. The summed E-state index contributed by atoms with van der Waals surface area (Å²) in [5.41, 5.74) is 0.692. The number of halogens is 1. The van der Waals surface area contributed by atoms with Gasteiger partial charge in [-0.1, -0.05) is 12.1 Å². The Hall–Kier alpha value is -1.56. The van der Waals surface area contributed by atoms with Crippen LogP contribution in [0.5, 0.6) is 5.75 Å². The fourth-order valence-electron chi connectivity index (χ4n) is 2.57. The van der Waals surface area contributed by atoms with Gasteiger partial charge in [0, 0.05) is 36.1 Å². The van der Waals surface area contributed by atoms with Crippen molar-refractivity contribution in [3.05, 3.63) is 52.2 Å². The summed E-state index contributed by atoms with van der Waals surface area (Å²) in [6.07, 6.45) is 0. The summed E-state index contributed by atoms with van der Waals surface area (Å²) in [7, 11) is 0. The molecular formula is C17H21ClN2O2S. The van der Waals surface area contributed by atoms with Crippen LogP contribution < -0.4 is 10.1 Å². The van der Waals surface area contributed by atoms with Gasteiger partial charge in [0.05, 0.1) is 0 Å². The molecule has 1 aromatic heterocycles. The fourth-order valence-corrected chi connectivity index (χ4v) is 3.18. The molecule has 23 heavy (non-hydrogen) atoms. The third kappa shape index (κ3) is 4.70. The van der Waals surface area contributed by atoms with Crippen molar-refractivity contribution in [1.29, 1.82) is 0 Å². The summed E-state index contributed by atoms with van der Waals surface area (Å²) in [5.74, 6) is 0.817. The van der Waals surface area contributed by atoms with Crippen LogP contribution >= 0.6 is 23.7 Å². The van der Waals surface area contributed by atoms with Crippen LogP contribution in [0, 0.1) is 0 Å². The zero-order chi connectivity index (χ0) is 15.4. The lowest BCUT2D eigenvalue weighted by molar-refractivity contribution is 0.0708. The molecule has 124 valence electrons. The Kier molecular flexibility index (Phi) is 6.45. The molecule has 4 nitrogen and oxygen atoms in total. The summed E-state index contributed by atoms with van der Waals surface area (Å²) < 4.78 is 5.78. The van der Waals surface area contributed by atoms with E-state index in [1.807, 2.05) is 46.7 Å². The fraction of sp³-hybridized carbons (Fsp3) is 0.353. The molecule has 0 aliphatic carbocycles. The minimum absolute atomic E-state index is 0. The molecule has 1 amide bonds. The maximum absolute atomic E-state index is 12.6. The Labute approximate surface area is 146 Å². The topological polar surface area (TPSA) is 41.6 Å². The van der Waals surface area contributed by atoms with Gasteiger partial charge >= 0.3 is 0 Å². The maximum Gasteiger partial charge on any atom is 0.254 e. The number of piperazine rings is 1. The highest BCUT2D eigenvalue weighted by molar-refractivity contribution is 7.09. The van der Waals surface area contributed by atoms with E-state index in [-0.39, 0.29) is 18.3 Å². The van der Waals surface area contributed by atoms with E-state index < -0.39 is 0 Å². The molecule has 1 N–H and O–H groups in total. The van der Waals surface area contributed by atoms with Gasteiger partial charge in [0.1, 0.15) is 12.4 Å². The number of benzene rings is 1.